The highest BCUT2D eigenvalue weighted by Crippen LogP contribution is 2.29. The molecular weight excluding hydrogens is 430 g/mol. The van der Waals surface area contributed by atoms with E-state index in [2.05, 4.69) is 11.4 Å². The fraction of sp³-hybridized carbons (Fsp3) is 0.348. The van der Waals surface area contributed by atoms with Crippen molar-refractivity contribution in [2.45, 2.75) is 39.2 Å². The molecule has 0 saturated heterocycles. The number of allylic oxidation sites excluding steroid dienone is 1. The molecule has 0 unspecified atom stereocenters. The number of hydrogen-bond acceptors (Lipinski definition) is 5. The van der Waals surface area contributed by atoms with Crippen molar-refractivity contribution in [3.05, 3.63) is 80.9 Å². The van der Waals surface area contributed by atoms with Crippen LogP contribution in [0.3, 0.4) is 0 Å². The fourth-order valence-corrected chi connectivity index (χ4v) is 4.59. The van der Waals surface area contributed by atoms with Crippen molar-refractivity contribution in [2.75, 3.05) is 17.1 Å². The molecule has 0 aromatic heterocycles. The topological polar surface area (TPSA) is 110 Å². The van der Waals surface area contributed by atoms with Gasteiger partial charge in [0.15, 0.2) is 0 Å². The van der Waals surface area contributed by atoms with E-state index >= 15 is 0 Å². The first-order valence-corrected chi connectivity index (χ1v) is 12.3. The summed E-state index contributed by atoms with van der Waals surface area (Å²) in [6.45, 7) is 2.23. The van der Waals surface area contributed by atoms with Gasteiger partial charge in [0.2, 0.25) is 10.0 Å². The third-order valence-electron chi connectivity index (χ3n) is 5.48. The maximum atomic E-state index is 12.5. The molecule has 9 heteroatoms. The van der Waals surface area contributed by atoms with Gasteiger partial charge in [0.05, 0.1) is 23.4 Å². The van der Waals surface area contributed by atoms with Crippen LogP contribution < -0.4 is 9.62 Å². The number of nitro benzene ring substituents is 1. The Kier molecular flexibility index (Phi) is 7.29. The Morgan fingerprint density at radius 2 is 1.88 bits per heavy atom. The number of carbonyl (C=O) groups excluding carboxylic acids is 1. The Balaban J connectivity index is 1.75. The number of nitro groups is 1. The van der Waals surface area contributed by atoms with Crippen LogP contribution in [-0.4, -0.2) is 32.0 Å². The normalized spacial score (nSPS) is 13.9. The van der Waals surface area contributed by atoms with E-state index in [1.54, 1.807) is 31.2 Å². The quantitative estimate of drug-likeness (QED) is 0.365. The summed E-state index contributed by atoms with van der Waals surface area (Å²) in [6.07, 6.45) is 7.66. The maximum Gasteiger partial charge on any atom is 0.271 e. The molecule has 0 spiro atoms. The van der Waals surface area contributed by atoms with Crippen molar-refractivity contribution in [1.82, 2.24) is 5.32 Å². The number of nitrogens with zero attached hydrogens (tertiary/aromatic N) is 2. The number of carbonyl (C=O) groups is 1. The molecule has 8 nitrogen and oxygen atoms in total. The summed E-state index contributed by atoms with van der Waals surface area (Å²) in [7, 11) is -3.70. The van der Waals surface area contributed by atoms with E-state index in [4.69, 9.17) is 0 Å². The fourth-order valence-electron chi connectivity index (χ4n) is 3.65. The highest BCUT2D eigenvalue weighted by atomic mass is 32.2. The van der Waals surface area contributed by atoms with Gasteiger partial charge in [-0.2, -0.15) is 0 Å². The summed E-state index contributed by atoms with van der Waals surface area (Å²) < 4.78 is 26.1. The van der Waals surface area contributed by atoms with Gasteiger partial charge in [-0.05, 0) is 55.9 Å². The molecule has 0 radical (unpaired) electrons. The molecule has 0 atom stereocenters. The number of sulfonamides is 1. The molecule has 32 heavy (non-hydrogen) atoms. The van der Waals surface area contributed by atoms with Crippen LogP contribution in [0.15, 0.2) is 54.1 Å². The molecule has 2 aromatic carbocycles. The number of rotatable bonds is 8. The highest BCUT2D eigenvalue weighted by Gasteiger charge is 2.22. The van der Waals surface area contributed by atoms with Gasteiger partial charge in [0.1, 0.15) is 0 Å². The third kappa shape index (κ3) is 5.94. The van der Waals surface area contributed by atoms with Crippen molar-refractivity contribution in [1.29, 1.82) is 0 Å². The van der Waals surface area contributed by atoms with E-state index in [9.17, 15) is 23.3 Å². The van der Waals surface area contributed by atoms with Crippen LogP contribution >= 0.6 is 0 Å². The van der Waals surface area contributed by atoms with Crippen LogP contribution in [0.1, 0.15) is 47.2 Å². The van der Waals surface area contributed by atoms with E-state index in [0.29, 0.717) is 23.2 Å². The number of nitrogens with one attached hydrogen (secondary N) is 1. The smallest absolute Gasteiger partial charge is 0.271 e. The molecule has 1 N–H and O–H groups in total. The van der Waals surface area contributed by atoms with Gasteiger partial charge >= 0.3 is 0 Å². The van der Waals surface area contributed by atoms with Crippen molar-refractivity contribution in [2.24, 2.45) is 0 Å². The van der Waals surface area contributed by atoms with Crippen molar-refractivity contribution < 1.29 is 18.1 Å². The second-order valence-corrected chi connectivity index (χ2v) is 9.89. The third-order valence-corrected chi connectivity index (χ3v) is 6.60. The standard InChI is InChI=1S/C23H27N3O5S/c1-17-8-13-21(26(28)29)14-22(17)25(32(2,30)31)16-19-9-11-20(12-10-19)23(27)24-15-18-6-4-3-5-7-18/h6,8-14H,3-5,7,15-16H2,1-2H3,(H,24,27). The Bertz CT molecular complexity index is 1140. The number of amides is 1. The van der Waals surface area contributed by atoms with E-state index in [1.807, 2.05) is 0 Å². The molecule has 0 heterocycles. The summed E-state index contributed by atoms with van der Waals surface area (Å²) >= 11 is 0. The lowest BCUT2D eigenvalue weighted by Crippen LogP contribution is -2.30. The van der Waals surface area contributed by atoms with E-state index in [-0.39, 0.29) is 23.8 Å². The number of aryl methyl sites for hydroxylation is 1. The summed E-state index contributed by atoms with van der Waals surface area (Å²) in [5.74, 6) is -0.183. The maximum absolute atomic E-state index is 12.5. The predicted octanol–water partition coefficient (Wildman–Crippen LogP) is 4.10. The Labute approximate surface area is 188 Å². The molecule has 0 saturated carbocycles. The number of hydrogen-bond donors (Lipinski definition) is 1. The van der Waals surface area contributed by atoms with E-state index in [0.717, 1.165) is 29.8 Å². The first-order valence-electron chi connectivity index (χ1n) is 10.4. The zero-order chi connectivity index (χ0) is 23.3. The van der Waals surface area contributed by atoms with Gasteiger partial charge in [0.25, 0.3) is 11.6 Å². The molecule has 0 bridgehead atoms. The molecule has 0 aliphatic heterocycles. The summed E-state index contributed by atoms with van der Waals surface area (Å²) in [5, 5.41) is 14.1. The van der Waals surface area contributed by atoms with Gasteiger partial charge in [0, 0.05) is 24.2 Å². The lowest BCUT2D eigenvalue weighted by atomic mass is 9.99. The summed E-state index contributed by atoms with van der Waals surface area (Å²) in [4.78, 5) is 23.0. The first kappa shape index (κ1) is 23.5. The number of anilines is 1. The predicted molar refractivity (Wildman–Crippen MR) is 124 cm³/mol. The van der Waals surface area contributed by atoms with Gasteiger partial charge in [-0.25, -0.2) is 8.42 Å². The Morgan fingerprint density at radius 1 is 1.16 bits per heavy atom. The molecule has 2 aromatic rings. The van der Waals surface area contributed by atoms with Crippen LogP contribution in [0, 0.1) is 17.0 Å². The average molecular weight is 458 g/mol. The monoisotopic (exact) mass is 457 g/mol. The second kappa shape index (κ2) is 9.95. The molecule has 1 aliphatic rings. The number of benzene rings is 2. The minimum absolute atomic E-state index is 0.00434. The average Bonchev–Trinajstić information content (AvgIpc) is 2.76. The number of non-ortho nitro benzene ring substituents is 1. The van der Waals surface area contributed by atoms with Gasteiger partial charge < -0.3 is 5.32 Å². The molecule has 1 amide bonds. The van der Waals surface area contributed by atoms with Gasteiger partial charge in [-0.3, -0.25) is 19.2 Å². The second-order valence-electron chi connectivity index (χ2n) is 7.99. The Morgan fingerprint density at radius 3 is 2.47 bits per heavy atom. The van der Waals surface area contributed by atoms with Crippen LogP contribution in [0.25, 0.3) is 0 Å². The minimum atomic E-state index is -3.70. The summed E-state index contributed by atoms with van der Waals surface area (Å²) in [5.41, 5.74) is 3.07. The summed E-state index contributed by atoms with van der Waals surface area (Å²) in [6, 6.07) is 10.8. The molecule has 0 fully saturated rings. The van der Waals surface area contributed by atoms with Crippen molar-refractivity contribution in [3.63, 3.8) is 0 Å². The zero-order valence-corrected chi connectivity index (χ0v) is 19.0. The van der Waals surface area contributed by atoms with Crippen LogP contribution in [0.2, 0.25) is 0 Å². The van der Waals surface area contributed by atoms with Crippen molar-refractivity contribution >= 4 is 27.3 Å². The van der Waals surface area contributed by atoms with Gasteiger partial charge in [-0.15, -0.1) is 0 Å². The molecular formula is C23H27N3O5S. The van der Waals surface area contributed by atoms with E-state index < -0.39 is 14.9 Å². The molecule has 1 aliphatic carbocycles. The highest BCUT2D eigenvalue weighted by molar-refractivity contribution is 7.92. The van der Waals surface area contributed by atoms with Crippen molar-refractivity contribution in [3.8, 4) is 0 Å². The van der Waals surface area contributed by atoms with Crippen LogP contribution in [-0.2, 0) is 16.6 Å². The lowest BCUT2D eigenvalue weighted by Gasteiger charge is -2.24. The van der Waals surface area contributed by atoms with E-state index in [1.165, 1.54) is 30.2 Å². The van der Waals surface area contributed by atoms with Gasteiger partial charge in [-0.1, -0.05) is 29.8 Å². The SMILES string of the molecule is Cc1ccc([N+](=O)[O-])cc1N(Cc1ccc(C(=O)NCC2=CCCCC2)cc1)S(C)(=O)=O. The first-order chi connectivity index (χ1) is 15.1. The molecule has 3 rings (SSSR count). The van der Waals surface area contributed by atoms with Crippen LogP contribution in [0.4, 0.5) is 11.4 Å². The Hall–Kier alpha value is -3.20. The van der Waals surface area contributed by atoms with Crippen LogP contribution in [0.5, 0.6) is 0 Å². The zero-order valence-electron chi connectivity index (χ0n) is 18.2. The lowest BCUT2D eigenvalue weighted by molar-refractivity contribution is -0.384. The minimum Gasteiger partial charge on any atom is -0.348 e. The molecule has 170 valence electrons. The largest absolute Gasteiger partial charge is 0.348 e.